The van der Waals surface area contributed by atoms with Crippen molar-refractivity contribution in [3.8, 4) is 5.75 Å². The van der Waals surface area contributed by atoms with Crippen molar-refractivity contribution in [2.75, 3.05) is 12.4 Å². The Kier molecular flexibility index (Phi) is 3.98. The Morgan fingerprint density at radius 2 is 2.30 bits per heavy atom. The second kappa shape index (κ2) is 5.89. The van der Waals surface area contributed by atoms with Crippen molar-refractivity contribution in [1.82, 2.24) is 0 Å². The summed E-state index contributed by atoms with van der Waals surface area (Å²) in [5, 5.41) is 10.8. The van der Waals surface area contributed by atoms with Crippen LogP contribution in [0.15, 0.2) is 34.5 Å². The van der Waals surface area contributed by atoms with Crippen molar-refractivity contribution in [2.45, 2.75) is 17.7 Å². The highest BCUT2D eigenvalue weighted by Crippen LogP contribution is 2.28. The summed E-state index contributed by atoms with van der Waals surface area (Å²) in [6.07, 6.45) is 1.99. The van der Waals surface area contributed by atoms with Gasteiger partial charge in [0.15, 0.2) is 0 Å². The molecule has 0 saturated carbocycles. The molecule has 1 aliphatic rings. The molecule has 0 unspecified atom stereocenters. The minimum Gasteiger partial charge on any atom is -0.493 e. The normalized spacial score (nSPS) is 13.0. The fraction of sp³-hybridized carbons (Fsp3) is 0.267. The van der Waals surface area contributed by atoms with Crippen LogP contribution >= 0.6 is 23.1 Å². The molecule has 0 aliphatic carbocycles. The molecular formula is C15H14O3S2. The highest BCUT2D eigenvalue weighted by molar-refractivity contribution is 7.99. The van der Waals surface area contributed by atoms with E-state index in [-0.39, 0.29) is 0 Å². The molecule has 2 aromatic rings. The third-order valence-corrected chi connectivity index (χ3v) is 5.24. The van der Waals surface area contributed by atoms with Crippen LogP contribution in [0.1, 0.15) is 20.8 Å². The molecule has 2 heterocycles. The number of rotatable bonds is 5. The molecule has 104 valence electrons. The van der Waals surface area contributed by atoms with Gasteiger partial charge in [-0.1, -0.05) is 12.1 Å². The van der Waals surface area contributed by atoms with Crippen LogP contribution in [-0.2, 0) is 12.8 Å². The lowest BCUT2D eigenvalue weighted by Gasteiger charge is -2.03. The highest BCUT2D eigenvalue weighted by atomic mass is 32.2. The number of ether oxygens (including phenoxy) is 1. The maximum absolute atomic E-state index is 10.8. The lowest BCUT2D eigenvalue weighted by atomic mass is 10.1. The van der Waals surface area contributed by atoms with E-state index >= 15 is 0 Å². The highest BCUT2D eigenvalue weighted by Gasteiger charge is 2.12. The van der Waals surface area contributed by atoms with E-state index in [9.17, 15) is 4.79 Å². The summed E-state index contributed by atoms with van der Waals surface area (Å²) in [6, 6.07) is 8.13. The quantitative estimate of drug-likeness (QED) is 0.855. The van der Waals surface area contributed by atoms with E-state index in [1.807, 2.05) is 5.38 Å². The second-order valence-corrected chi connectivity index (χ2v) is 6.67. The van der Waals surface area contributed by atoms with Crippen molar-refractivity contribution in [1.29, 1.82) is 0 Å². The topological polar surface area (TPSA) is 46.5 Å². The van der Waals surface area contributed by atoms with Gasteiger partial charge in [0.05, 0.1) is 6.61 Å². The van der Waals surface area contributed by atoms with Gasteiger partial charge in [-0.15, -0.1) is 23.1 Å². The number of thiophene rings is 1. The third kappa shape index (κ3) is 2.99. The van der Waals surface area contributed by atoms with Gasteiger partial charge in [-0.2, -0.15) is 0 Å². The van der Waals surface area contributed by atoms with Gasteiger partial charge in [-0.05, 0) is 29.7 Å². The molecule has 1 aromatic carbocycles. The molecule has 0 saturated heterocycles. The molecule has 0 amide bonds. The molecule has 0 fully saturated rings. The van der Waals surface area contributed by atoms with Gasteiger partial charge in [0.1, 0.15) is 10.6 Å². The van der Waals surface area contributed by atoms with Crippen molar-refractivity contribution in [2.24, 2.45) is 0 Å². The van der Waals surface area contributed by atoms with Crippen LogP contribution in [0.25, 0.3) is 0 Å². The van der Waals surface area contributed by atoms with E-state index in [0.717, 1.165) is 35.8 Å². The minimum atomic E-state index is -0.847. The van der Waals surface area contributed by atoms with Crippen molar-refractivity contribution < 1.29 is 14.6 Å². The van der Waals surface area contributed by atoms with Gasteiger partial charge >= 0.3 is 5.97 Å². The zero-order valence-electron chi connectivity index (χ0n) is 10.8. The van der Waals surface area contributed by atoms with E-state index in [1.165, 1.54) is 22.5 Å². The van der Waals surface area contributed by atoms with Gasteiger partial charge in [-0.3, -0.25) is 0 Å². The standard InChI is InChI=1S/C15H14O3S2/c16-15(17)14-8-12(9-20-14)19-6-4-10-1-2-13-11(7-10)3-5-18-13/h1-2,7-9H,3-6H2,(H,16,17). The molecule has 1 N–H and O–H groups in total. The number of fused-ring (bicyclic) bond motifs is 1. The van der Waals surface area contributed by atoms with Crippen LogP contribution in [0.3, 0.4) is 0 Å². The maximum Gasteiger partial charge on any atom is 0.345 e. The first kappa shape index (κ1) is 13.5. The summed E-state index contributed by atoms with van der Waals surface area (Å²) in [5.41, 5.74) is 2.62. The maximum atomic E-state index is 10.8. The van der Waals surface area contributed by atoms with Crippen LogP contribution in [-0.4, -0.2) is 23.4 Å². The number of thioether (sulfide) groups is 1. The van der Waals surface area contributed by atoms with Gasteiger partial charge in [-0.25, -0.2) is 4.79 Å². The van der Waals surface area contributed by atoms with E-state index in [4.69, 9.17) is 9.84 Å². The monoisotopic (exact) mass is 306 g/mol. The van der Waals surface area contributed by atoms with Crippen molar-refractivity contribution in [3.63, 3.8) is 0 Å². The van der Waals surface area contributed by atoms with Crippen LogP contribution in [0.4, 0.5) is 0 Å². The first-order chi connectivity index (χ1) is 9.72. The summed E-state index contributed by atoms with van der Waals surface area (Å²) in [4.78, 5) is 12.3. The number of aromatic carboxylic acids is 1. The smallest absolute Gasteiger partial charge is 0.345 e. The summed E-state index contributed by atoms with van der Waals surface area (Å²) < 4.78 is 5.49. The molecule has 1 aliphatic heterocycles. The summed E-state index contributed by atoms with van der Waals surface area (Å²) in [7, 11) is 0. The van der Waals surface area contributed by atoms with Gasteiger partial charge < -0.3 is 9.84 Å². The number of aryl methyl sites for hydroxylation is 1. The zero-order valence-corrected chi connectivity index (χ0v) is 12.4. The molecule has 3 nitrogen and oxygen atoms in total. The Hall–Kier alpha value is -1.46. The predicted octanol–water partition coefficient (Wildman–Crippen LogP) is 3.72. The average Bonchev–Trinajstić information content (AvgIpc) is 3.06. The lowest BCUT2D eigenvalue weighted by Crippen LogP contribution is -1.91. The third-order valence-electron chi connectivity index (χ3n) is 3.20. The number of hydrogen-bond donors (Lipinski definition) is 1. The Morgan fingerprint density at radius 1 is 1.40 bits per heavy atom. The van der Waals surface area contributed by atoms with Crippen LogP contribution in [0, 0.1) is 0 Å². The first-order valence-electron chi connectivity index (χ1n) is 6.41. The molecule has 1 aromatic heterocycles. The van der Waals surface area contributed by atoms with Crippen molar-refractivity contribution >= 4 is 29.1 Å². The Bertz CT molecular complexity index is 634. The molecular weight excluding hydrogens is 292 g/mol. The Labute approximate surface area is 125 Å². The zero-order chi connectivity index (χ0) is 13.9. The summed E-state index contributed by atoms with van der Waals surface area (Å²) in [5.74, 6) is 1.13. The largest absolute Gasteiger partial charge is 0.493 e. The summed E-state index contributed by atoms with van der Waals surface area (Å²) >= 11 is 2.99. The molecule has 0 radical (unpaired) electrons. The number of carboxylic acid groups (broad SMARTS) is 1. The SMILES string of the molecule is O=C(O)c1cc(SCCc2ccc3c(c2)CCO3)cs1. The molecule has 0 atom stereocenters. The Balaban J connectivity index is 1.55. The fourth-order valence-corrected chi connectivity index (χ4v) is 4.06. The molecule has 0 bridgehead atoms. The fourth-order valence-electron chi connectivity index (χ4n) is 2.19. The molecule has 5 heteroatoms. The molecule has 20 heavy (non-hydrogen) atoms. The molecule has 0 spiro atoms. The second-order valence-electron chi connectivity index (χ2n) is 4.59. The molecule has 3 rings (SSSR count). The number of hydrogen-bond acceptors (Lipinski definition) is 4. The van der Waals surface area contributed by atoms with Crippen LogP contribution in [0.2, 0.25) is 0 Å². The predicted molar refractivity (Wildman–Crippen MR) is 81.3 cm³/mol. The van der Waals surface area contributed by atoms with Gasteiger partial charge in [0.25, 0.3) is 0 Å². The van der Waals surface area contributed by atoms with Crippen LogP contribution < -0.4 is 4.74 Å². The minimum absolute atomic E-state index is 0.405. The van der Waals surface area contributed by atoms with E-state index in [0.29, 0.717) is 4.88 Å². The van der Waals surface area contributed by atoms with Crippen molar-refractivity contribution in [3.05, 3.63) is 45.6 Å². The lowest BCUT2D eigenvalue weighted by molar-refractivity contribution is 0.0702. The Morgan fingerprint density at radius 3 is 3.10 bits per heavy atom. The number of carboxylic acids is 1. The number of benzene rings is 1. The van der Waals surface area contributed by atoms with Gasteiger partial charge in [0, 0.05) is 22.4 Å². The van der Waals surface area contributed by atoms with Crippen LogP contribution in [0.5, 0.6) is 5.75 Å². The number of carbonyl (C=O) groups is 1. The van der Waals surface area contributed by atoms with E-state index < -0.39 is 5.97 Å². The van der Waals surface area contributed by atoms with Gasteiger partial charge in [0.2, 0.25) is 0 Å². The summed E-state index contributed by atoms with van der Waals surface area (Å²) in [6.45, 7) is 0.792. The van der Waals surface area contributed by atoms with E-state index in [1.54, 1.807) is 17.8 Å². The average molecular weight is 306 g/mol. The van der Waals surface area contributed by atoms with E-state index in [2.05, 4.69) is 18.2 Å². The first-order valence-corrected chi connectivity index (χ1v) is 8.28.